The molecule has 1 aromatic carbocycles. The van der Waals surface area contributed by atoms with Crippen LogP contribution >= 0.6 is 35.6 Å². The maximum absolute atomic E-state index is 6.25. The number of benzene rings is 1. The Bertz CT molecular complexity index is 549. The lowest BCUT2D eigenvalue weighted by Crippen LogP contribution is -2.45. The fourth-order valence-corrected chi connectivity index (χ4v) is 2.91. The van der Waals surface area contributed by atoms with Crippen molar-refractivity contribution < 1.29 is 9.47 Å². The van der Waals surface area contributed by atoms with Crippen LogP contribution in [0.25, 0.3) is 0 Å². The van der Waals surface area contributed by atoms with Crippen LogP contribution in [0, 0.1) is 0 Å². The molecule has 1 unspecified atom stereocenters. The summed E-state index contributed by atoms with van der Waals surface area (Å²) in [5, 5.41) is 7.36. The summed E-state index contributed by atoms with van der Waals surface area (Å²) in [6.07, 6.45) is 3.02. The fourth-order valence-electron chi connectivity index (χ4n) is 2.64. The van der Waals surface area contributed by atoms with E-state index in [1.807, 2.05) is 18.2 Å². The van der Waals surface area contributed by atoms with E-state index in [1.165, 1.54) is 0 Å². The Labute approximate surface area is 166 Å². The minimum absolute atomic E-state index is 0. The van der Waals surface area contributed by atoms with E-state index in [1.54, 1.807) is 14.2 Å². The third kappa shape index (κ3) is 6.29. The van der Waals surface area contributed by atoms with Gasteiger partial charge in [0.05, 0.1) is 12.7 Å². The molecule has 0 spiro atoms. The highest BCUT2D eigenvalue weighted by molar-refractivity contribution is 14.0. The highest BCUT2D eigenvalue weighted by Gasteiger charge is 2.29. The number of aliphatic imine (C=N–C) groups is 1. The van der Waals surface area contributed by atoms with E-state index in [9.17, 15) is 0 Å². The van der Waals surface area contributed by atoms with Crippen molar-refractivity contribution in [3.8, 4) is 5.75 Å². The molecule has 0 radical (unpaired) electrons. The van der Waals surface area contributed by atoms with Gasteiger partial charge in [0.25, 0.3) is 0 Å². The summed E-state index contributed by atoms with van der Waals surface area (Å²) in [5.74, 6) is 1.56. The van der Waals surface area contributed by atoms with Crippen LogP contribution in [0.5, 0.6) is 5.75 Å². The highest BCUT2D eigenvalue weighted by atomic mass is 127. The Hall–Kier alpha value is -0.730. The zero-order valence-electron chi connectivity index (χ0n) is 14.5. The Kier molecular flexibility index (Phi) is 9.15. The third-order valence-electron chi connectivity index (χ3n) is 4.10. The van der Waals surface area contributed by atoms with E-state index >= 15 is 0 Å². The Morgan fingerprint density at radius 2 is 2.21 bits per heavy atom. The van der Waals surface area contributed by atoms with E-state index in [4.69, 9.17) is 21.1 Å². The average Bonchev–Trinajstić information content (AvgIpc) is 2.99. The van der Waals surface area contributed by atoms with E-state index in [2.05, 4.69) is 22.5 Å². The smallest absolute Gasteiger partial charge is 0.191 e. The van der Waals surface area contributed by atoms with Gasteiger partial charge in [-0.25, -0.2) is 0 Å². The molecule has 0 aromatic heterocycles. The molecule has 2 N–H and O–H groups in total. The number of guanidine groups is 1. The predicted octanol–water partition coefficient (Wildman–Crippen LogP) is 3.24. The summed E-state index contributed by atoms with van der Waals surface area (Å²) < 4.78 is 10.9. The molecule has 24 heavy (non-hydrogen) atoms. The van der Waals surface area contributed by atoms with Crippen molar-refractivity contribution in [1.29, 1.82) is 0 Å². The van der Waals surface area contributed by atoms with Gasteiger partial charge < -0.3 is 20.1 Å². The first kappa shape index (κ1) is 21.3. The number of hydrogen-bond donors (Lipinski definition) is 2. The Morgan fingerprint density at radius 3 is 2.79 bits per heavy atom. The van der Waals surface area contributed by atoms with Crippen LogP contribution in [0.3, 0.4) is 0 Å². The molecule has 0 aliphatic carbocycles. The maximum Gasteiger partial charge on any atom is 0.191 e. The molecule has 1 aromatic rings. The van der Waals surface area contributed by atoms with Gasteiger partial charge in [-0.15, -0.1) is 24.0 Å². The van der Waals surface area contributed by atoms with Crippen LogP contribution < -0.4 is 15.4 Å². The van der Waals surface area contributed by atoms with Gasteiger partial charge in [-0.3, -0.25) is 4.99 Å². The van der Waals surface area contributed by atoms with Crippen molar-refractivity contribution in [1.82, 2.24) is 10.6 Å². The molecule has 5 nitrogen and oxygen atoms in total. The topological polar surface area (TPSA) is 54.9 Å². The van der Waals surface area contributed by atoms with Crippen LogP contribution in [0.2, 0.25) is 5.02 Å². The molecule has 1 aliphatic rings. The van der Waals surface area contributed by atoms with Crippen molar-refractivity contribution in [2.24, 2.45) is 4.99 Å². The predicted molar refractivity (Wildman–Crippen MR) is 110 cm³/mol. The van der Waals surface area contributed by atoms with E-state index in [0.717, 1.165) is 61.3 Å². The SMILES string of the molecule is CN=C(NCCc1ccc(OC)cc1Cl)NCC1(C)CCCO1.I. The van der Waals surface area contributed by atoms with Gasteiger partial charge in [0, 0.05) is 31.8 Å². The summed E-state index contributed by atoms with van der Waals surface area (Å²) in [5.41, 5.74) is 0.998. The van der Waals surface area contributed by atoms with Crippen LogP contribution in [0.4, 0.5) is 0 Å². The molecule has 0 saturated carbocycles. The van der Waals surface area contributed by atoms with Crippen molar-refractivity contribution in [3.05, 3.63) is 28.8 Å². The van der Waals surface area contributed by atoms with Crippen molar-refractivity contribution in [3.63, 3.8) is 0 Å². The lowest BCUT2D eigenvalue weighted by molar-refractivity contribution is 0.0243. The van der Waals surface area contributed by atoms with Gasteiger partial charge in [-0.1, -0.05) is 17.7 Å². The van der Waals surface area contributed by atoms with Crippen LogP contribution in [-0.4, -0.2) is 45.4 Å². The second kappa shape index (κ2) is 10.3. The molecule has 1 saturated heterocycles. The van der Waals surface area contributed by atoms with Crippen molar-refractivity contribution in [2.45, 2.75) is 31.8 Å². The minimum Gasteiger partial charge on any atom is -0.497 e. The van der Waals surface area contributed by atoms with E-state index in [0.29, 0.717) is 0 Å². The quantitative estimate of drug-likeness (QED) is 0.383. The second-order valence-electron chi connectivity index (χ2n) is 5.96. The van der Waals surface area contributed by atoms with Crippen LogP contribution in [-0.2, 0) is 11.2 Å². The van der Waals surface area contributed by atoms with Gasteiger partial charge in [0.1, 0.15) is 5.75 Å². The summed E-state index contributed by atoms with van der Waals surface area (Å²) in [6, 6.07) is 5.75. The first-order valence-corrected chi connectivity index (χ1v) is 8.35. The summed E-state index contributed by atoms with van der Waals surface area (Å²) in [7, 11) is 3.41. The van der Waals surface area contributed by atoms with E-state index < -0.39 is 0 Å². The second-order valence-corrected chi connectivity index (χ2v) is 6.37. The lowest BCUT2D eigenvalue weighted by atomic mass is 10.0. The number of methoxy groups -OCH3 is 1. The van der Waals surface area contributed by atoms with Gasteiger partial charge >= 0.3 is 0 Å². The molecule has 2 rings (SSSR count). The van der Waals surface area contributed by atoms with Crippen molar-refractivity contribution in [2.75, 3.05) is 33.9 Å². The van der Waals surface area contributed by atoms with Crippen LogP contribution in [0.15, 0.2) is 23.2 Å². The number of ether oxygens (including phenoxy) is 2. The number of hydrogen-bond acceptors (Lipinski definition) is 3. The van der Waals surface area contributed by atoms with E-state index in [-0.39, 0.29) is 29.6 Å². The summed E-state index contributed by atoms with van der Waals surface area (Å²) >= 11 is 6.25. The third-order valence-corrected chi connectivity index (χ3v) is 4.45. The molecule has 1 heterocycles. The van der Waals surface area contributed by atoms with Gasteiger partial charge in [-0.2, -0.15) is 0 Å². The number of nitrogens with one attached hydrogen (secondary N) is 2. The molecular weight excluding hydrogens is 441 g/mol. The molecule has 1 atom stereocenters. The maximum atomic E-state index is 6.25. The molecule has 1 fully saturated rings. The average molecular weight is 468 g/mol. The number of halogens is 2. The molecule has 7 heteroatoms. The highest BCUT2D eigenvalue weighted by Crippen LogP contribution is 2.24. The number of rotatable bonds is 6. The minimum atomic E-state index is -0.0864. The monoisotopic (exact) mass is 467 g/mol. The van der Waals surface area contributed by atoms with Gasteiger partial charge in [-0.05, 0) is 43.9 Å². The fraction of sp³-hybridized carbons (Fsp3) is 0.588. The largest absolute Gasteiger partial charge is 0.497 e. The molecule has 136 valence electrons. The summed E-state index contributed by atoms with van der Waals surface area (Å²) in [6.45, 7) is 4.50. The Balaban J connectivity index is 0.00000288. The van der Waals surface area contributed by atoms with Crippen molar-refractivity contribution >= 4 is 41.5 Å². The van der Waals surface area contributed by atoms with Crippen LogP contribution in [0.1, 0.15) is 25.3 Å². The molecule has 0 amide bonds. The zero-order chi connectivity index (χ0) is 16.7. The first-order chi connectivity index (χ1) is 11.1. The lowest BCUT2D eigenvalue weighted by Gasteiger charge is -2.24. The summed E-state index contributed by atoms with van der Waals surface area (Å²) in [4.78, 5) is 4.25. The normalized spacial score (nSPS) is 20.4. The standard InChI is InChI=1S/C17H26ClN3O2.HI/c1-17(8-4-10-23-17)12-21-16(19-2)20-9-7-13-5-6-14(22-3)11-15(13)18;/h5-6,11H,4,7-10,12H2,1-3H3,(H2,19,20,21);1H. The Morgan fingerprint density at radius 1 is 1.42 bits per heavy atom. The molecule has 1 aliphatic heterocycles. The first-order valence-electron chi connectivity index (χ1n) is 7.97. The van der Waals surface area contributed by atoms with Gasteiger partial charge in [0.15, 0.2) is 5.96 Å². The van der Waals surface area contributed by atoms with Gasteiger partial charge in [0.2, 0.25) is 0 Å². The zero-order valence-corrected chi connectivity index (χ0v) is 17.6. The molecule has 0 bridgehead atoms. The molecular formula is C17H27ClIN3O2. The number of nitrogens with zero attached hydrogens (tertiary/aromatic N) is 1.